The number of hydrogen-bond donors (Lipinski definition) is 0. The van der Waals surface area contributed by atoms with E-state index in [4.69, 9.17) is 18.7 Å². The zero-order valence-electron chi connectivity index (χ0n) is 14.9. The summed E-state index contributed by atoms with van der Waals surface area (Å²) in [5, 5.41) is 0.910. The third-order valence-electron chi connectivity index (χ3n) is 4.28. The van der Waals surface area contributed by atoms with Crippen LogP contribution < -0.4 is 5.63 Å². The Balaban J connectivity index is 1.90. The first-order valence-electron chi connectivity index (χ1n) is 8.62. The molecule has 3 heterocycles. The highest BCUT2D eigenvalue weighted by atomic mass is 16.7. The number of nitrogens with zero attached hydrogens (tertiary/aromatic N) is 2. The quantitative estimate of drug-likeness (QED) is 0.652. The number of aryl methyl sites for hydroxylation is 1. The molecule has 0 saturated carbocycles. The molecule has 0 N–H and O–H groups in total. The number of pyridine rings is 1. The molecule has 8 heteroatoms. The Kier molecular flexibility index (Phi) is 4.51. The number of aromatic nitrogens is 2. The zero-order valence-corrected chi connectivity index (χ0v) is 14.9. The molecule has 1 saturated heterocycles. The molecule has 0 radical (unpaired) electrons. The maximum Gasteiger partial charge on any atom is 0.372 e. The molecule has 1 aromatic carbocycles. The second kappa shape index (κ2) is 6.98. The third kappa shape index (κ3) is 3.13. The van der Waals surface area contributed by atoms with Gasteiger partial charge in [-0.3, -0.25) is 0 Å². The number of rotatable bonds is 4. The highest BCUT2D eigenvalue weighted by molar-refractivity contribution is 5.88. The Labute approximate surface area is 154 Å². The van der Waals surface area contributed by atoms with Crippen LogP contribution in [0.4, 0.5) is 0 Å². The van der Waals surface area contributed by atoms with Crippen molar-refractivity contribution < 1.29 is 23.5 Å². The molecule has 0 atom stereocenters. The van der Waals surface area contributed by atoms with E-state index in [2.05, 4.69) is 4.98 Å². The van der Waals surface area contributed by atoms with Gasteiger partial charge in [-0.1, -0.05) is 18.2 Å². The zero-order chi connectivity index (χ0) is 19.0. The fourth-order valence-corrected chi connectivity index (χ4v) is 3.03. The van der Waals surface area contributed by atoms with Crippen LogP contribution in [0.3, 0.4) is 0 Å². The summed E-state index contributed by atoms with van der Waals surface area (Å²) in [7, 11) is 0. The van der Waals surface area contributed by atoms with E-state index >= 15 is 0 Å². The first-order chi connectivity index (χ1) is 13.1. The van der Waals surface area contributed by atoms with Crippen LogP contribution in [0.5, 0.6) is 0 Å². The number of esters is 1. The second-order valence-corrected chi connectivity index (χ2v) is 6.09. The molecule has 1 aliphatic rings. The first-order valence-corrected chi connectivity index (χ1v) is 8.62. The molecule has 0 amide bonds. The van der Waals surface area contributed by atoms with E-state index in [-0.39, 0.29) is 12.2 Å². The van der Waals surface area contributed by atoms with Crippen molar-refractivity contribution in [3.63, 3.8) is 0 Å². The molecule has 0 aliphatic carbocycles. The summed E-state index contributed by atoms with van der Waals surface area (Å²) < 4.78 is 22.5. The van der Waals surface area contributed by atoms with Gasteiger partial charge in [0.2, 0.25) is 0 Å². The third-order valence-corrected chi connectivity index (χ3v) is 4.28. The van der Waals surface area contributed by atoms with Crippen LogP contribution in [0.2, 0.25) is 0 Å². The molecule has 0 spiro atoms. The van der Waals surface area contributed by atoms with Gasteiger partial charge >= 0.3 is 11.6 Å². The van der Waals surface area contributed by atoms with E-state index in [0.717, 1.165) is 16.5 Å². The Morgan fingerprint density at radius 1 is 1.33 bits per heavy atom. The number of fused-ring (bicyclic) bond motifs is 1. The van der Waals surface area contributed by atoms with Gasteiger partial charge < -0.3 is 18.7 Å². The lowest BCUT2D eigenvalue weighted by molar-refractivity contribution is -0.0446. The monoisotopic (exact) mass is 370 g/mol. The minimum atomic E-state index is -0.792. The van der Waals surface area contributed by atoms with Crippen molar-refractivity contribution in [2.75, 3.05) is 19.8 Å². The van der Waals surface area contributed by atoms with E-state index in [1.807, 2.05) is 31.2 Å². The molecular weight excluding hydrogens is 352 g/mol. The van der Waals surface area contributed by atoms with Gasteiger partial charge in [-0.25, -0.2) is 14.6 Å². The van der Waals surface area contributed by atoms with Crippen LogP contribution >= 0.6 is 0 Å². The second-order valence-electron chi connectivity index (χ2n) is 6.09. The van der Waals surface area contributed by atoms with Gasteiger partial charge in [-0.05, 0) is 25.5 Å². The molecule has 8 nitrogen and oxygen atoms in total. The van der Waals surface area contributed by atoms with Crippen molar-refractivity contribution in [2.45, 2.75) is 20.1 Å². The first kappa shape index (κ1) is 17.4. The summed E-state index contributed by atoms with van der Waals surface area (Å²) in [6.45, 7) is 4.68. The Morgan fingerprint density at radius 2 is 2.11 bits per heavy atom. The number of benzene rings is 1. The molecule has 1 aliphatic heterocycles. The van der Waals surface area contributed by atoms with E-state index in [1.54, 1.807) is 6.92 Å². The average Bonchev–Trinajstić information content (AvgIpc) is 3.31. The van der Waals surface area contributed by atoms with Crippen LogP contribution in [-0.4, -0.2) is 35.5 Å². The van der Waals surface area contributed by atoms with Crippen molar-refractivity contribution in [3.05, 3.63) is 57.6 Å². The van der Waals surface area contributed by atoms with Crippen molar-refractivity contribution in [2.24, 2.45) is 0 Å². The lowest BCUT2D eigenvalue weighted by atomic mass is 10.1. The molecule has 4 rings (SSSR count). The van der Waals surface area contributed by atoms with Gasteiger partial charge in [0.05, 0.1) is 37.1 Å². The number of carbonyl (C=O) groups is 1. The summed E-state index contributed by atoms with van der Waals surface area (Å²) in [4.78, 5) is 28.7. The average molecular weight is 370 g/mol. The topological polar surface area (TPSA) is 92.8 Å². The number of hydrogen-bond acceptors (Lipinski definition) is 7. The molecule has 140 valence electrons. The Hall–Kier alpha value is -2.97. The maximum absolute atomic E-state index is 12.1. The molecule has 2 aromatic heterocycles. The van der Waals surface area contributed by atoms with Crippen molar-refractivity contribution in [3.8, 4) is 5.82 Å². The number of para-hydroxylation sites is 1. The molecular formula is C19H18N2O6. The molecule has 0 bridgehead atoms. The van der Waals surface area contributed by atoms with E-state index in [1.165, 1.54) is 10.9 Å². The lowest BCUT2D eigenvalue weighted by Crippen LogP contribution is -2.12. The number of carbonyl (C=O) groups excluding carboxylic acids is 1. The minimum absolute atomic E-state index is 0.159. The molecule has 0 unspecified atom stereocenters. The van der Waals surface area contributed by atoms with Gasteiger partial charge in [-0.15, -0.1) is 0 Å². The van der Waals surface area contributed by atoms with Gasteiger partial charge in [-0.2, -0.15) is 4.74 Å². The van der Waals surface area contributed by atoms with Gasteiger partial charge in [0.1, 0.15) is 0 Å². The standard InChI is InChI=1S/C19H18N2O6/c1-3-24-17(22)14-10-21(27-18(14)23)16-13(19-25-7-8-26-19)9-12-6-4-5-11(2)15(12)20-16/h4-6,9-10,19H,3,7-8H2,1-2H3. The Bertz CT molecular complexity index is 1060. The normalized spacial score (nSPS) is 14.7. The van der Waals surface area contributed by atoms with Crippen molar-refractivity contribution in [1.29, 1.82) is 0 Å². The van der Waals surface area contributed by atoms with Crippen molar-refractivity contribution in [1.82, 2.24) is 9.72 Å². The van der Waals surface area contributed by atoms with Crippen LogP contribution in [-0.2, 0) is 14.2 Å². The Morgan fingerprint density at radius 3 is 2.85 bits per heavy atom. The van der Waals surface area contributed by atoms with E-state index < -0.39 is 17.9 Å². The summed E-state index contributed by atoms with van der Waals surface area (Å²) in [5.74, 6) is -0.409. The summed E-state index contributed by atoms with van der Waals surface area (Å²) in [6, 6.07) is 7.71. The molecule has 3 aromatic rings. The summed E-state index contributed by atoms with van der Waals surface area (Å²) in [5.41, 5.74) is 1.35. The SMILES string of the molecule is CCOC(=O)c1cn(-c2nc3c(C)cccc3cc2C2OCCO2)oc1=O. The predicted octanol–water partition coefficient (Wildman–Crippen LogP) is 2.51. The fourth-order valence-electron chi connectivity index (χ4n) is 3.03. The van der Waals surface area contributed by atoms with E-state index in [0.29, 0.717) is 24.6 Å². The van der Waals surface area contributed by atoms with Crippen LogP contribution in [0, 0.1) is 6.92 Å². The van der Waals surface area contributed by atoms with Crippen molar-refractivity contribution >= 4 is 16.9 Å². The van der Waals surface area contributed by atoms with Crippen LogP contribution in [0.15, 0.2) is 39.8 Å². The van der Waals surface area contributed by atoms with Gasteiger partial charge in [0.25, 0.3) is 0 Å². The van der Waals surface area contributed by atoms with Gasteiger partial charge in [0.15, 0.2) is 17.7 Å². The highest BCUT2D eigenvalue weighted by Gasteiger charge is 2.26. The maximum atomic E-state index is 12.1. The fraction of sp³-hybridized carbons (Fsp3) is 0.316. The minimum Gasteiger partial charge on any atom is -0.462 e. The largest absolute Gasteiger partial charge is 0.462 e. The molecule has 27 heavy (non-hydrogen) atoms. The van der Waals surface area contributed by atoms with Gasteiger partial charge in [0, 0.05) is 5.39 Å². The van der Waals surface area contributed by atoms with Crippen LogP contribution in [0.25, 0.3) is 16.7 Å². The van der Waals surface area contributed by atoms with E-state index in [9.17, 15) is 9.59 Å². The van der Waals surface area contributed by atoms with Crippen LogP contribution in [0.1, 0.15) is 34.7 Å². The number of ether oxygens (including phenoxy) is 3. The highest BCUT2D eigenvalue weighted by Crippen LogP contribution is 2.31. The smallest absolute Gasteiger partial charge is 0.372 e. The molecule has 1 fully saturated rings. The summed E-state index contributed by atoms with van der Waals surface area (Å²) >= 11 is 0. The lowest BCUT2D eigenvalue weighted by Gasteiger charge is -2.15. The predicted molar refractivity (Wildman–Crippen MR) is 94.9 cm³/mol. The summed E-state index contributed by atoms with van der Waals surface area (Å²) in [6.07, 6.45) is 0.654.